The zero-order chi connectivity index (χ0) is 72.4. The van der Waals surface area contributed by atoms with Gasteiger partial charge in [0.15, 0.2) is 12.2 Å². The van der Waals surface area contributed by atoms with Crippen LogP contribution in [0, 0.1) is 23.7 Å². The van der Waals surface area contributed by atoms with Gasteiger partial charge in [0.1, 0.15) is 19.3 Å². The van der Waals surface area contributed by atoms with E-state index in [1.54, 1.807) is 0 Å². The first kappa shape index (κ1) is 96.1. The molecule has 0 radical (unpaired) electrons. The zero-order valence-corrected chi connectivity index (χ0v) is 66.2. The van der Waals surface area contributed by atoms with E-state index in [4.69, 9.17) is 37.0 Å². The number of phosphoric acid groups is 2. The first-order valence-corrected chi connectivity index (χ1v) is 43.7. The summed E-state index contributed by atoms with van der Waals surface area (Å²) in [5.41, 5.74) is 0. The highest BCUT2D eigenvalue weighted by molar-refractivity contribution is 7.47. The van der Waals surface area contributed by atoms with Gasteiger partial charge in [-0.2, -0.15) is 0 Å². The molecule has 3 unspecified atom stereocenters. The maximum absolute atomic E-state index is 13.1. The molecule has 0 spiro atoms. The van der Waals surface area contributed by atoms with Gasteiger partial charge in [-0.25, -0.2) is 9.13 Å². The molecule has 0 aromatic carbocycles. The van der Waals surface area contributed by atoms with E-state index in [2.05, 4.69) is 55.4 Å². The molecule has 0 aromatic rings. The Hall–Kier alpha value is -1.94. The minimum absolute atomic E-state index is 0.106. The van der Waals surface area contributed by atoms with Gasteiger partial charge in [-0.3, -0.25) is 37.3 Å². The Labute approximate surface area is 600 Å². The van der Waals surface area contributed by atoms with Crippen molar-refractivity contribution < 1.29 is 80.2 Å². The maximum Gasteiger partial charge on any atom is 0.472 e. The number of aliphatic hydroxyl groups excluding tert-OH is 1. The molecule has 0 heterocycles. The predicted octanol–water partition coefficient (Wildman–Crippen LogP) is 23.2. The van der Waals surface area contributed by atoms with Crippen molar-refractivity contribution in [3.05, 3.63) is 0 Å². The van der Waals surface area contributed by atoms with Crippen molar-refractivity contribution in [2.24, 2.45) is 23.7 Å². The highest BCUT2D eigenvalue weighted by Crippen LogP contribution is 2.45. The van der Waals surface area contributed by atoms with Crippen LogP contribution in [-0.2, 0) is 65.4 Å². The predicted molar refractivity (Wildman–Crippen MR) is 400 cm³/mol. The summed E-state index contributed by atoms with van der Waals surface area (Å²) >= 11 is 0. The van der Waals surface area contributed by atoms with Crippen molar-refractivity contribution in [3.63, 3.8) is 0 Å². The number of carbonyl (C=O) groups is 4. The summed E-state index contributed by atoms with van der Waals surface area (Å²) in [7, 11) is -9.92. The van der Waals surface area contributed by atoms with Gasteiger partial charge in [-0.15, -0.1) is 0 Å². The van der Waals surface area contributed by atoms with Gasteiger partial charge in [-0.05, 0) is 49.4 Å². The normalized spacial score (nSPS) is 14.3. The number of unbranched alkanes of at least 4 members (excludes halogenated alkanes) is 41. The summed E-state index contributed by atoms with van der Waals surface area (Å²) in [4.78, 5) is 72.9. The summed E-state index contributed by atoms with van der Waals surface area (Å²) < 4.78 is 68.6. The summed E-state index contributed by atoms with van der Waals surface area (Å²) in [5, 5.41) is 10.6. The molecule has 0 aliphatic rings. The van der Waals surface area contributed by atoms with Crippen LogP contribution in [0.25, 0.3) is 0 Å². The number of aliphatic hydroxyl groups is 1. The quantitative estimate of drug-likeness (QED) is 0.0222. The van der Waals surface area contributed by atoms with E-state index >= 15 is 0 Å². The Morgan fingerprint density at radius 2 is 0.490 bits per heavy atom. The van der Waals surface area contributed by atoms with Gasteiger partial charge < -0.3 is 33.8 Å². The number of esters is 4. The lowest BCUT2D eigenvalue weighted by Crippen LogP contribution is -2.30. The lowest BCUT2D eigenvalue weighted by molar-refractivity contribution is -0.161. The number of carbonyl (C=O) groups excluding carboxylic acids is 4. The molecule has 19 heteroatoms. The van der Waals surface area contributed by atoms with Crippen molar-refractivity contribution in [1.82, 2.24) is 0 Å². The first-order valence-electron chi connectivity index (χ1n) is 40.7. The minimum atomic E-state index is -4.96. The van der Waals surface area contributed by atoms with E-state index in [1.807, 2.05) is 0 Å². The molecule has 0 aliphatic carbocycles. The van der Waals surface area contributed by atoms with Crippen LogP contribution >= 0.6 is 15.6 Å². The van der Waals surface area contributed by atoms with E-state index in [0.29, 0.717) is 25.7 Å². The summed E-state index contributed by atoms with van der Waals surface area (Å²) in [5.74, 6) is 0.953. The van der Waals surface area contributed by atoms with Gasteiger partial charge in [0.25, 0.3) is 0 Å². The van der Waals surface area contributed by atoms with Gasteiger partial charge in [0, 0.05) is 25.7 Å². The lowest BCUT2D eigenvalue weighted by Gasteiger charge is -2.21. The van der Waals surface area contributed by atoms with E-state index in [1.165, 1.54) is 199 Å². The zero-order valence-electron chi connectivity index (χ0n) is 64.4. The average Bonchev–Trinajstić information content (AvgIpc) is 0.960. The fourth-order valence-corrected chi connectivity index (χ4v) is 13.6. The van der Waals surface area contributed by atoms with Gasteiger partial charge >= 0.3 is 39.5 Å². The van der Waals surface area contributed by atoms with Crippen molar-refractivity contribution >= 4 is 39.5 Å². The molecule has 0 fully saturated rings. The van der Waals surface area contributed by atoms with Gasteiger partial charge in [-0.1, -0.05) is 351 Å². The molecule has 6 atom stereocenters. The molecule has 98 heavy (non-hydrogen) atoms. The van der Waals surface area contributed by atoms with E-state index in [9.17, 15) is 43.2 Å². The molecular weight excluding hydrogens is 1280 g/mol. The average molecular weight is 1440 g/mol. The Kier molecular flexibility index (Phi) is 66.8. The Balaban J connectivity index is 5.21. The Morgan fingerprint density at radius 1 is 0.286 bits per heavy atom. The van der Waals surface area contributed by atoms with Crippen LogP contribution in [0.15, 0.2) is 0 Å². The summed E-state index contributed by atoms with van der Waals surface area (Å²) in [6.45, 7) is 14.2. The lowest BCUT2D eigenvalue weighted by atomic mass is 10.00. The molecule has 0 aromatic heterocycles. The first-order chi connectivity index (χ1) is 47.1. The minimum Gasteiger partial charge on any atom is -0.462 e. The van der Waals surface area contributed by atoms with Crippen molar-refractivity contribution in [3.8, 4) is 0 Å². The molecule has 0 bridgehead atoms. The second kappa shape index (κ2) is 68.2. The number of ether oxygens (including phenoxy) is 4. The fraction of sp³-hybridized carbons (Fsp3) is 0.949. The van der Waals surface area contributed by atoms with Crippen LogP contribution in [0.2, 0.25) is 0 Å². The number of rotatable bonds is 76. The Bertz CT molecular complexity index is 1920. The van der Waals surface area contributed by atoms with Gasteiger partial charge in [0.05, 0.1) is 26.4 Å². The van der Waals surface area contributed by atoms with Gasteiger partial charge in [0.2, 0.25) is 0 Å². The van der Waals surface area contributed by atoms with Crippen LogP contribution in [-0.4, -0.2) is 96.7 Å². The second-order valence-electron chi connectivity index (χ2n) is 30.1. The molecule has 0 rings (SSSR count). The van der Waals surface area contributed by atoms with Crippen LogP contribution in [0.4, 0.5) is 0 Å². The summed E-state index contributed by atoms with van der Waals surface area (Å²) in [6, 6.07) is 0. The van der Waals surface area contributed by atoms with Crippen LogP contribution in [0.3, 0.4) is 0 Å². The monoisotopic (exact) mass is 1440 g/mol. The third-order valence-corrected chi connectivity index (χ3v) is 20.6. The SMILES string of the molecule is CCC(C)CCCCCCCCC(=O)OC[C@H](COP(=O)(O)OC[C@H](O)COP(=O)(O)OC[C@@H](COC(=O)CCCCCCCCCCCC(C)C)OC(=O)CCCCCCCCCCCCCCCCCCCCC(C)C)OC(=O)CCCCCCCCCCCCCCC(C)C. The topological polar surface area (TPSA) is 237 Å². The Morgan fingerprint density at radius 3 is 0.724 bits per heavy atom. The molecular formula is C79H154O17P2. The van der Waals surface area contributed by atoms with Crippen LogP contribution in [0.1, 0.15) is 402 Å². The van der Waals surface area contributed by atoms with E-state index in [-0.39, 0.29) is 25.7 Å². The van der Waals surface area contributed by atoms with Crippen molar-refractivity contribution in [2.75, 3.05) is 39.6 Å². The number of hydrogen-bond acceptors (Lipinski definition) is 15. The van der Waals surface area contributed by atoms with E-state index in [0.717, 1.165) is 120 Å². The molecule has 0 saturated carbocycles. The molecule has 17 nitrogen and oxygen atoms in total. The fourth-order valence-electron chi connectivity index (χ4n) is 12.0. The third kappa shape index (κ3) is 71.1. The van der Waals surface area contributed by atoms with Crippen molar-refractivity contribution in [1.29, 1.82) is 0 Å². The summed E-state index contributed by atoms with van der Waals surface area (Å²) in [6.07, 6.45) is 54.2. The van der Waals surface area contributed by atoms with E-state index < -0.39 is 97.5 Å². The standard InChI is InChI=1S/C79H154O17P2/c1-9-72(8)58-50-42-37-38-44-52-60-77(82)90-66-75(96-79(84)62-54-46-36-29-23-19-18-21-26-32-40-48-56-70(4)5)68-94-98(87,88)92-64-73(80)63-91-97(85,86)93-67-74(65-89-76(81)59-51-43-34-30-24-27-33-41-49-57-71(6)7)95-78(83)61-53-45-35-28-22-17-15-13-11-10-12-14-16-20-25-31-39-47-55-69(2)3/h69-75,80H,9-68H2,1-8H3,(H,85,86)(H,87,88)/t72?,73-,74-,75-/m1/s1. The smallest absolute Gasteiger partial charge is 0.462 e. The highest BCUT2D eigenvalue weighted by atomic mass is 31.2. The number of phosphoric ester groups is 2. The maximum atomic E-state index is 13.1. The molecule has 3 N–H and O–H groups in total. The molecule has 582 valence electrons. The molecule has 0 saturated heterocycles. The molecule has 0 aliphatic heterocycles. The highest BCUT2D eigenvalue weighted by Gasteiger charge is 2.30. The van der Waals surface area contributed by atoms with Crippen LogP contribution < -0.4 is 0 Å². The second-order valence-corrected chi connectivity index (χ2v) is 33.0. The third-order valence-electron chi connectivity index (χ3n) is 18.7. The van der Waals surface area contributed by atoms with Crippen molar-refractivity contribution in [2.45, 2.75) is 420 Å². The largest absolute Gasteiger partial charge is 0.472 e. The number of hydrogen-bond donors (Lipinski definition) is 3. The molecule has 0 amide bonds. The van der Waals surface area contributed by atoms with Crippen LogP contribution in [0.5, 0.6) is 0 Å².